The van der Waals surface area contributed by atoms with Crippen LogP contribution in [0, 0.1) is 13.8 Å². The number of ether oxygens (including phenoxy) is 1. The molecule has 3 nitrogen and oxygen atoms in total. The topological polar surface area (TPSA) is 27.1 Å². The molecule has 0 atom stereocenters. The fourth-order valence-corrected chi connectivity index (χ4v) is 2.31. The summed E-state index contributed by atoms with van der Waals surface area (Å²) in [6.07, 6.45) is 0.790. The summed E-state index contributed by atoms with van der Waals surface area (Å²) in [5.41, 5.74) is 4.79. The van der Waals surface area contributed by atoms with Gasteiger partial charge in [0.2, 0.25) is 0 Å². The number of hydrogen-bond donors (Lipinski definition) is 0. The predicted molar refractivity (Wildman–Crippen MR) is 75.5 cm³/mol. The molecule has 1 heterocycles. The minimum absolute atomic E-state index is 0.592. The van der Waals surface area contributed by atoms with Crippen LogP contribution < -0.4 is 0 Å². The first kappa shape index (κ1) is 13.4. The van der Waals surface area contributed by atoms with E-state index in [2.05, 4.69) is 35.5 Å². The van der Waals surface area contributed by atoms with Crippen molar-refractivity contribution in [2.75, 3.05) is 19.6 Å². The van der Waals surface area contributed by atoms with E-state index in [0.29, 0.717) is 12.5 Å². The van der Waals surface area contributed by atoms with E-state index in [1.165, 1.54) is 16.6 Å². The second-order valence-corrected chi connectivity index (χ2v) is 4.91. The van der Waals surface area contributed by atoms with Gasteiger partial charge in [-0.1, -0.05) is 0 Å². The average molecular weight is 267 g/mol. The summed E-state index contributed by atoms with van der Waals surface area (Å²) in [6, 6.07) is 4.34. The Balaban J connectivity index is 2.53. The van der Waals surface area contributed by atoms with Gasteiger partial charge in [-0.2, -0.15) is 0 Å². The Bertz CT molecular complexity index is 548. The van der Waals surface area contributed by atoms with Crippen molar-refractivity contribution >= 4 is 22.6 Å². The fourth-order valence-electron chi connectivity index (χ4n) is 2.14. The van der Waals surface area contributed by atoms with E-state index in [1.807, 2.05) is 0 Å². The number of fused-ring (bicyclic) bond motifs is 1. The summed E-state index contributed by atoms with van der Waals surface area (Å²) in [5.74, 6) is 1.64. The van der Waals surface area contributed by atoms with Gasteiger partial charge in [0.15, 0.2) is 0 Å². The maximum absolute atomic E-state index is 5.85. The van der Waals surface area contributed by atoms with Crippen molar-refractivity contribution in [3.05, 3.63) is 29.1 Å². The molecule has 0 unspecified atom stereocenters. The normalized spacial score (nSPS) is 11.3. The van der Waals surface area contributed by atoms with Crippen LogP contribution in [0.4, 0.5) is 0 Å². The lowest BCUT2D eigenvalue weighted by atomic mass is 10.1. The van der Waals surface area contributed by atoms with Crippen LogP contribution in [0.2, 0.25) is 0 Å². The first-order valence-electron chi connectivity index (χ1n) is 6.18. The SMILES string of the molecule is COCCn1c(CCCl)nc2cc(C)c(C)cc21. The number of imidazole rings is 1. The summed E-state index contributed by atoms with van der Waals surface area (Å²) in [6.45, 7) is 5.75. The van der Waals surface area contributed by atoms with E-state index in [9.17, 15) is 0 Å². The molecule has 0 bridgehead atoms. The number of aryl methyl sites for hydroxylation is 3. The van der Waals surface area contributed by atoms with Crippen molar-refractivity contribution < 1.29 is 4.74 Å². The highest BCUT2D eigenvalue weighted by Crippen LogP contribution is 2.21. The van der Waals surface area contributed by atoms with E-state index in [1.54, 1.807) is 7.11 Å². The van der Waals surface area contributed by atoms with Gasteiger partial charge in [-0.3, -0.25) is 0 Å². The first-order valence-corrected chi connectivity index (χ1v) is 6.72. The lowest BCUT2D eigenvalue weighted by Crippen LogP contribution is -2.09. The summed E-state index contributed by atoms with van der Waals surface area (Å²) in [7, 11) is 1.72. The quantitative estimate of drug-likeness (QED) is 0.778. The summed E-state index contributed by atoms with van der Waals surface area (Å²) in [4.78, 5) is 4.68. The Kier molecular flexibility index (Phi) is 4.25. The Morgan fingerprint density at radius 1 is 1.28 bits per heavy atom. The number of alkyl halides is 1. The molecular formula is C14H19ClN2O. The van der Waals surface area contributed by atoms with Crippen LogP contribution in [0.1, 0.15) is 17.0 Å². The molecule has 0 spiro atoms. The number of methoxy groups -OCH3 is 1. The zero-order valence-corrected chi connectivity index (χ0v) is 11.9. The molecule has 0 fully saturated rings. The second-order valence-electron chi connectivity index (χ2n) is 4.54. The van der Waals surface area contributed by atoms with Crippen molar-refractivity contribution in [3.8, 4) is 0 Å². The molecule has 0 radical (unpaired) electrons. The van der Waals surface area contributed by atoms with Gasteiger partial charge in [0.1, 0.15) is 5.82 Å². The molecule has 4 heteroatoms. The second kappa shape index (κ2) is 5.72. The Labute approximate surface area is 113 Å². The number of nitrogens with zero attached hydrogens (tertiary/aromatic N) is 2. The molecule has 1 aromatic heterocycles. The lowest BCUT2D eigenvalue weighted by Gasteiger charge is -2.08. The maximum atomic E-state index is 5.85. The Morgan fingerprint density at radius 3 is 2.67 bits per heavy atom. The molecule has 0 amide bonds. The highest BCUT2D eigenvalue weighted by molar-refractivity contribution is 6.17. The van der Waals surface area contributed by atoms with Crippen LogP contribution in [0.5, 0.6) is 0 Å². The minimum atomic E-state index is 0.592. The summed E-state index contributed by atoms with van der Waals surface area (Å²) in [5, 5.41) is 0. The monoisotopic (exact) mass is 266 g/mol. The lowest BCUT2D eigenvalue weighted by molar-refractivity contribution is 0.187. The molecule has 2 aromatic rings. The largest absolute Gasteiger partial charge is 0.383 e. The van der Waals surface area contributed by atoms with Gasteiger partial charge < -0.3 is 9.30 Å². The van der Waals surface area contributed by atoms with Gasteiger partial charge in [0.05, 0.1) is 17.6 Å². The van der Waals surface area contributed by atoms with Crippen molar-refractivity contribution in [1.29, 1.82) is 0 Å². The summed E-state index contributed by atoms with van der Waals surface area (Å²) >= 11 is 5.85. The van der Waals surface area contributed by atoms with Gasteiger partial charge >= 0.3 is 0 Å². The number of halogens is 1. The molecule has 0 saturated carbocycles. The standard InChI is InChI=1S/C14H19ClN2O/c1-10-8-12-13(9-11(10)2)17(6-7-18-3)14(16-12)4-5-15/h8-9H,4-7H2,1-3H3. The number of benzene rings is 1. The summed E-state index contributed by atoms with van der Waals surface area (Å²) < 4.78 is 7.39. The number of rotatable bonds is 5. The van der Waals surface area contributed by atoms with Crippen LogP contribution in [-0.4, -0.2) is 29.1 Å². The molecule has 98 valence electrons. The van der Waals surface area contributed by atoms with Crippen molar-refractivity contribution in [2.24, 2.45) is 0 Å². The van der Waals surface area contributed by atoms with E-state index < -0.39 is 0 Å². The van der Waals surface area contributed by atoms with Gasteiger partial charge in [-0.05, 0) is 37.1 Å². The molecule has 0 aliphatic carbocycles. The van der Waals surface area contributed by atoms with E-state index in [0.717, 1.165) is 24.3 Å². The Hall–Kier alpha value is -1.06. The molecular weight excluding hydrogens is 248 g/mol. The maximum Gasteiger partial charge on any atom is 0.111 e. The van der Waals surface area contributed by atoms with Gasteiger partial charge in [-0.25, -0.2) is 4.98 Å². The van der Waals surface area contributed by atoms with Crippen LogP contribution in [-0.2, 0) is 17.7 Å². The van der Waals surface area contributed by atoms with E-state index >= 15 is 0 Å². The number of aromatic nitrogens is 2. The molecule has 0 saturated heterocycles. The van der Waals surface area contributed by atoms with Crippen molar-refractivity contribution in [3.63, 3.8) is 0 Å². The van der Waals surface area contributed by atoms with Gasteiger partial charge in [-0.15, -0.1) is 11.6 Å². The van der Waals surface area contributed by atoms with Gasteiger partial charge in [0, 0.05) is 26.0 Å². The molecule has 18 heavy (non-hydrogen) atoms. The van der Waals surface area contributed by atoms with E-state index in [-0.39, 0.29) is 0 Å². The minimum Gasteiger partial charge on any atom is -0.383 e. The van der Waals surface area contributed by atoms with Crippen molar-refractivity contribution in [1.82, 2.24) is 9.55 Å². The average Bonchev–Trinajstić information content (AvgIpc) is 2.65. The smallest absolute Gasteiger partial charge is 0.111 e. The molecule has 0 N–H and O–H groups in total. The van der Waals surface area contributed by atoms with Gasteiger partial charge in [0.25, 0.3) is 0 Å². The zero-order valence-electron chi connectivity index (χ0n) is 11.2. The van der Waals surface area contributed by atoms with E-state index in [4.69, 9.17) is 16.3 Å². The van der Waals surface area contributed by atoms with Crippen LogP contribution in [0.3, 0.4) is 0 Å². The molecule has 0 aliphatic heterocycles. The van der Waals surface area contributed by atoms with Crippen LogP contribution >= 0.6 is 11.6 Å². The predicted octanol–water partition coefficient (Wildman–Crippen LogP) is 3.08. The van der Waals surface area contributed by atoms with Crippen molar-refractivity contribution in [2.45, 2.75) is 26.8 Å². The first-order chi connectivity index (χ1) is 8.67. The van der Waals surface area contributed by atoms with Crippen LogP contribution in [0.25, 0.3) is 11.0 Å². The Morgan fingerprint density at radius 2 is 2.00 bits per heavy atom. The highest BCUT2D eigenvalue weighted by Gasteiger charge is 2.11. The number of hydrogen-bond acceptors (Lipinski definition) is 2. The molecule has 0 aliphatic rings. The third-order valence-electron chi connectivity index (χ3n) is 3.28. The zero-order chi connectivity index (χ0) is 13.1. The molecule has 2 rings (SSSR count). The third kappa shape index (κ3) is 2.52. The van der Waals surface area contributed by atoms with Crippen LogP contribution in [0.15, 0.2) is 12.1 Å². The fraction of sp³-hybridized carbons (Fsp3) is 0.500. The molecule has 1 aromatic carbocycles. The highest BCUT2D eigenvalue weighted by atomic mass is 35.5. The third-order valence-corrected chi connectivity index (χ3v) is 3.47.